The quantitative estimate of drug-likeness (QED) is 0.254. The maximum atomic E-state index is 13.1. The van der Waals surface area contributed by atoms with Gasteiger partial charge in [-0.25, -0.2) is 0 Å². The molecule has 2 aromatic carbocycles. The minimum atomic E-state index is -0.813. The minimum absolute atomic E-state index is 0.0654. The van der Waals surface area contributed by atoms with E-state index in [2.05, 4.69) is 0 Å². The summed E-state index contributed by atoms with van der Waals surface area (Å²) >= 11 is 0. The highest BCUT2D eigenvalue weighted by molar-refractivity contribution is 6.09. The molecule has 154 valence electrons. The largest absolute Gasteiger partial charge is 0.465 e. The van der Waals surface area contributed by atoms with Gasteiger partial charge in [0.1, 0.15) is 5.92 Å². The lowest BCUT2D eigenvalue weighted by atomic mass is 9.95. The molecular weight excluding hydrogens is 384 g/mol. The fourth-order valence-corrected chi connectivity index (χ4v) is 3.56. The van der Waals surface area contributed by atoms with E-state index in [1.807, 2.05) is 13.0 Å². The van der Waals surface area contributed by atoms with Gasteiger partial charge in [-0.15, -0.1) is 0 Å². The number of aryl methyl sites for hydroxylation is 1. The van der Waals surface area contributed by atoms with Crippen LogP contribution in [0.15, 0.2) is 60.7 Å². The van der Waals surface area contributed by atoms with Gasteiger partial charge in [0, 0.05) is 30.4 Å². The summed E-state index contributed by atoms with van der Waals surface area (Å²) in [6.07, 6.45) is 0. The van der Waals surface area contributed by atoms with Crippen molar-refractivity contribution >= 4 is 17.4 Å². The summed E-state index contributed by atoms with van der Waals surface area (Å²) in [5.41, 5.74) is 2.84. The maximum absolute atomic E-state index is 13.1. The molecule has 0 fully saturated rings. The van der Waals surface area contributed by atoms with Crippen LogP contribution in [0.2, 0.25) is 0 Å². The molecule has 0 radical (unpaired) electrons. The molecular formula is C23H22N2O5. The summed E-state index contributed by atoms with van der Waals surface area (Å²) in [6, 6.07) is 16.5. The Labute approximate surface area is 174 Å². The Morgan fingerprint density at radius 1 is 1.10 bits per heavy atom. The molecule has 1 heterocycles. The van der Waals surface area contributed by atoms with Crippen LogP contribution in [-0.4, -0.2) is 27.8 Å². The van der Waals surface area contributed by atoms with Crippen molar-refractivity contribution in [3.8, 4) is 0 Å². The van der Waals surface area contributed by atoms with E-state index in [1.54, 1.807) is 61.0 Å². The Hall–Kier alpha value is -3.74. The maximum Gasteiger partial charge on any atom is 0.319 e. The summed E-state index contributed by atoms with van der Waals surface area (Å²) in [5.74, 6) is -1.44. The zero-order valence-corrected chi connectivity index (χ0v) is 17.0. The van der Waals surface area contributed by atoms with E-state index in [1.165, 1.54) is 12.1 Å². The molecule has 0 spiro atoms. The predicted molar refractivity (Wildman–Crippen MR) is 112 cm³/mol. The standard InChI is InChI=1S/C23H22N2O5/c1-4-30-23(27)20(16-10-12-18(13-11-16)25(28)29)19-14-15(2)21(24(19)3)22(26)17-8-6-5-7-9-17/h5-14,20H,4H2,1-3H3. The number of nitrogens with zero attached hydrogens (tertiary/aromatic N) is 2. The van der Waals surface area contributed by atoms with Gasteiger partial charge in [0.2, 0.25) is 5.78 Å². The van der Waals surface area contributed by atoms with E-state index in [4.69, 9.17) is 4.74 Å². The molecule has 0 N–H and O–H groups in total. The van der Waals surface area contributed by atoms with Crippen molar-refractivity contribution in [3.63, 3.8) is 0 Å². The van der Waals surface area contributed by atoms with Gasteiger partial charge in [-0.1, -0.05) is 42.5 Å². The Kier molecular flexibility index (Phi) is 6.11. The number of carbonyl (C=O) groups excluding carboxylic acids is 2. The molecule has 0 saturated carbocycles. The summed E-state index contributed by atoms with van der Waals surface area (Å²) in [7, 11) is 1.73. The van der Waals surface area contributed by atoms with Gasteiger partial charge in [-0.2, -0.15) is 0 Å². The van der Waals surface area contributed by atoms with E-state index >= 15 is 0 Å². The van der Waals surface area contributed by atoms with Gasteiger partial charge in [-0.05, 0) is 31.0 Å². The molecule has 0 aliphatic rings. The van der Waals surface area contributed by atoms with E-state index in [0.717, 1.165) is 5.56 Å². The molecule has 1 aromatic heterocycles. The second-order valence-electron chi connectivity index (χ2n) is 6.89. The fraction of sp³-hybridized carbons (Fsp3) is 0.217. The van der Waals surface area contributed by atoms with Crippen molar-refractivity contribution in [2.45, 2.75) is 19.8 Å². The third kappa shape index (κ3) is 4.00. The van der Waals surface area contributed by atoms with E-state index in [9.17, 15) is 19.7 Å². The normalized spacial score (nSPS) is 11.7. The second kappa shape index (κ2) is 8.73. The second-order valence-corrected chi connectivity index (χ2v) is 6.89. The SMILES string of the molecule is CCOC(=O)C(c1ccc([N+](=O)[O-])cc1)c1cc(C)c(C(=O)c2ccccc2)n1C. The van der Waals surface area contributed by atoms with Crippen LogP contribution in [0.4, 0.5) is 5.69 Å². The Morgan fingerprint density at radius 3 is 2.30 bits per heavy atom. The van der Waals surface area contributed by atoms with Gasteiger partial charge in [-0.3, -0.25) is 19.7 Å². The molecule has 3 aromatic rings. The molecule has 30 heavy (non-hydrogen) atoms. The van der Waals surface area contributed by atoms with E-state index in [-0.39, 0.29) is 18.1 Å². The first-order valence-electron chi connectivity index (χ1n) is 9.52. The first-order chi connectivity index (χ1) is 14.3. The van der Waals surface area contributed by atoms with Crippen LogP contribution in [0.3, 0.4) is 0 Å². The summed E-state index contributed by atoms with van der Waals surface area (Å²) in [6.45, 7) is 3.73. The smallest absolute Gasteiger partial charge is 0.319 e. The lowest BCUT2D eigenvalue weighted by molar-refractivity contribution is -0.384. The molecule has 0 aliphatic carbocycles. The highest BCUT2D eigenvalue weighted by Crippen LogP contribution is 2.31. The zero-order valence-electron chi connectivity index (χ0n) is 17.0. The van der Waals surface area contributed by atoms with Gasteiger partial charge >= 0.3 is 5.97 Å². The van der Waals surface area contributed by atoms with Gasteiger partial charge in [0.05, 0.1) is 17.2 Å². The van der Waals surface area contributed by atoms with Gasteiger partial charge < -0.3 is 9.30 Å². The number of rotatable bonds is 7. The Bertz CT molecular complexity index is 1080. The van der Waals surface area contributed by atoms with Crippen molar-refractivity contribution < 1.29 is 19.2 Å². The third-order valence-corrected chi connectivity index (χ3v) is 4.97. The number of aromatic nitrogens is 1. The first kappa shape index (κ1) is 21.0. The lowest BCUT2D eigenvalue weighted by Crippen LogP contribution is -2.21. The van der Waals surface area contributed by atoms with Crippen LogP contribution in [0.5, 0.6) is 0 Å². The minimum Gasteiger partial charge on any atom is -0.465 e. The molecule has 7 nitrogen and oxygen atoms in total. The van der Waals surface area contributed by atoms with Gasteiger partial charge in [0.15, 0.2) is 0 Å². The van der Waals surface area contributed by atoms with Crippen LogP contribution in [0.25, 0.3) is 0 Å². The first-order valence-corrected chi connectivity index (χ1v) is 9.52. The molecule has 3 rings (SSSR count). The lowest BCUT2D eigenvalue weighted by Gasteiger charge is -2.18. The topological polar surface area (TPSA) is 91.4 Å². The summed E-state index contributed by atoms with van der Waals surface area (Å²) < 4.78 is 6.97. The predicted octanol–water partition coefficient (Wildman–Crippen LogP) is 4.17. The summed E-state index contributed by atoms with van der Waals surface area (Å²) in [5, 5.41) is 11.0. The van der Waals surface area contributed by atoms with Crippen LogP contribution in [-0.2, 0) is 16.6 Å². The number of hydrogen-bond donors (Lipinski definition) is 0. The van der Waals surface area contributed by atoms with Crippen LogP contribution < -0.4 is 0 Å². The van der Waals surface area contributed by atoms with Crippen molar-refractivity contribution in [1.82, 2.24) is 4.57 Å². The molecule has 7 heteroatoms. The number of non-ortho nitro benzene ring substituents is 1. The van der Waals surface area contributed by atoms with Crippen LogP contribution in [0, 0.1) is 17.0 Å². The number of nitro groups is 1. The number of hydrogen-bond acceptors (Lipinski definition) is 5. The van der Waals surface area contributed by atoms with E-state index in [0.29, 0.717) is 22.5 Å². The molecule has 0 amide bonds. The van der Waals surface area contributed by atoms with Crippen molar-refractivity contribution in [3.05, 3.63) is 98.9 Å². The van der Waals surface area contributed by atoms with Crippen molar-refractivity contribution in [2.24, 2.45) is 7.05 Å². The van der Waals surface area contributed by atoms with Gasteiger partial charge in [0.25, 0.3) is 5.69 Å². The number of benzene rings is 2. The van der Waals surface area contributed by atoms with Crippen molar-refractivity contribution in [1.29, 1.82) is 0 Å². The molecule has 0 saturated heterocycles. The highest BCUT2D eigenvalue weighted by atomic mass is 16.6. The molecule has 0 aliphatic heterocycles. The number of ketones is 1. The zero-order chi connectivity index (χ0) is 21.8. The van der Waals surface area contributed by atoms with Crippen molar-refractivity contribution in [2.75, 3.05) is 6.61 Å². The average Bonchev–Trinajstić information content (AvgIpc) is 3.02. The summed E-state index contributed by atoms with van der Waals surface area (Å²) in [4.78, 5) is 36.4. The number of ether oxygens (including phenoxy) is 1. The Balaban J connectivity index is 2.09. The molecule has 1 atom stereocenters. The monoisotopic (exact) mass is 406 g/mol. The number of nitro benzene ring substituents is 1. The number of esters is 1. The average molecular weight is 406 g/mol. The van der Waals surface area contributed by atoms with Crippen LogP contribution in [0.1, 0.15) is 45.7 Å². The third-order valence-electron chi connectivity index (χ3n) is 4.97. The molecule has 1 unspecified atom stereocenters. The Morgan fingerprint density at radius 2 is 1.73 bits per heavy atom. The number of carbonyl (C=O) groups is 2. The van der Waals surface area contributed by atoms with Crippen LogP contribution >= 0.6 is 0 Å². The fourth-order valence-electron chi connectivity index (χ4n) is 3.56. The molecule has 0 bridgehead atoms. The highest BCUT2D eigenvalue weighted by Gasteiger charge is 2.30. The van der Waals surface area contributed by atoms with E-state index < -0.39 is 16.8 Å².